The average molecular weight is 527 g/mol. The van der Waals surface area contributed by atoms with Crippen LogP contribution in [0.2, 0.25) is 0 Å². The lowest BCUT2D eigenvalue weighted by Gasteiger charge is -2.16. The number of amides is 2. The predicted octanol–water partition coefficient (Wildman–Crippen LogP) is 5.44. The Balaban J connectivity index is 1.21. The van der Waals surface area contributed by atoms with Gasteiger partial charge in [0, 0.05) is 47.9 Å². The van der Waals surface area contributed by atoms with Gasteiger partial charge in [-0.25, -0.2) is 0 Å². The summed E-state index contributed by atoms with van der Waals surface area (Å²) in [5.74, 6) is 1.37. The summed E-state index contributed by atoms with van der Waals surface area (Å²) in [5, 5.41) is 16.0. The number of nitrogens with one attached hydrogen (secondary N) is 2. The van der Waals surface area contributed by atoms with Crippen molar-refractivity contribution in [2.45, 2.75) is 37.9 Å². The van der Waals surface area contributed by atoms with E-state index in [1.807, 2.05) is 71.3 Å². The third kappa shape index (κ3) is 6.23. The first-order valence-electron chi connectivity index (χ1n) is 12.7. The van der Waals surface area contributed by atoms with Gasteiger partial charge in [0.2, 0.25) is 11.8 Å². The van der Waals surface area contributed by atoms with E-state index in [4.69, 9.17) is 0 Å². The van der Waals surface area contributed by atoms with Gasteiger partial charge in [-0.2, -0.15) is 0 Å². The molecule has 1 fully saturated rings. The maximum Gasteiger partial charge on any atom is 0.227 e. The van der Waals surface area contributed by atoms with Gasteiger partial charge in [-0.3, -0.25) is 14.2 Å². The number of rotatable bonds is 10. The van der Waals surface area contributed by atoms with Crippen molar-refractivity contribution in [2.75, 3.05) is 27.8 Å². The van der Waals surface area contributed by atoms with Crippen molar-refractivity contribution in [1.82, 2.24) is 14.8 Å². The highest BCUT2D eigenvalue weighted by molar-refractivity contribution is 7.99. The zero-order chi connectivity index (χ0) is 26.3. The van der Waals surface area contributed by atoms with E-state index in [2.05, 4.69) is 39.9 Å². The normalized spacial score (nSPS) is 13.1. The highest BCUT2D eigenvalue weighted by Crippen LogP contribution is 2.26. The maximum atomic E-state index is 12.7. The zero-order valence-electron chi connectivity index (χ0n) is 21.3. The number of carbonyl (C=O) groups excluding carboxylic acids is 2. The van der Waals surface area contributed by atoms with E-state index >= 15 is 0 Å². The Morgan fingerprint density at radius 1 is 0.947 bits per heavy atom. The number of thioether (sulfide) groups is 1. The second kappa shape index (κ2) is 12.0. The molecule has 2 heterocycles. The minimum Gasteiger partial charge on any atom is -0.378 e. The van der Waals surface area contributed by atoms with Crippen LogP contribution >= 0.6 is 11.8 Å². The van der Waals surface area contributed by atoms with Crippen LogP contribution in [-0.2, 0) is 16.1 Å². The van der Waals surface area contributed by atoms with Crippen LogP contribution in [0.5, 0.6) is 0 Å². The average Bonchev–Trinajstić information content (AvgIpc) is 3.55. The standard InChI is InChI=1S/C29H30N6O2S/c1-21-12-14-22(15-13-21)30-20-26-32-33-29(35(26)24-8-3-2-4-9-24)38-18-16-27(36)31-23-7-5-10-25(19-23)34-17-6-11-28(34)37/h2-5,7-10,12-15,19,30H,6,11,16-18,20H2,1H3,(H,31,36). The number of aromatic nitrogens is 3. The number of para-hydroxylation sites is 1. The number of hydrogen-bond acceptors (Lipinski definition) is 6. The van der Waals surface area contributed by atoms with E-state index in [1.165, 1.54) is 17.3 Å². The number of anilines is 3. The first-order valence-corrected chi connectivity index (χ1v) is 13.7. The van der Waals surface area contributed by atoms with Crippen LogP contribution in [0.3, 0.4) is 0 Å². The molecule has 1 aliphatic rings. The molecule has 2 N–H and O–H groups in total. The van der Waals surface area contributed by atoms with Gasteiger partial charge in [0.15, 0.2) is 11.0 Å². The van der Waals surface area contributed by atoms with Gasteiger partial charge in [0.1, 0.15) is 0 Å². The van der Waals surface area contributed by atoms with Crippen LogP contribution in [0, 0.1) is 6.92 Å². The van der Waals surface area contributed by atoms with E-state index < -0.39 is 0 Å². The summed E-state index contributed by atoms with van der Waals surface area (Å²) in [5.41, 5.74) is 4.71. The molecule has 1 saturated heterocycles. The quantitative estimate of drug-likeness (QED) is 0.268. The third-order valence-electron chi connectivity index (χ3n) is 6.29. The minimum absolute atomic E-state index is 0.0885. The van der Waals surface area contributed by atoms with E-state index in [0.29, 0.717) is 30.8 Å². The molecular formula is C29H30N6O2S. The van der Waals surface area contributed by atoms with Crippen LogP contribution in [0.1, 0.15) is 30.7 Å². The van der Waals surface area contributed by atoms with Crippen molar-refractivity contribution in [3.05, 3.63) is 90.3 Å². The second-order valence-electron chi connectivity index (χ2n) is 9.14. The second-order valence-corrected chi connectivity index (χ2v) is 10.2. The van der Waals surface area contributed by atoms with E-state index in [9.17, 15) is 9.59 Å². The number of benzene rings is 3. The Kier molecular flexibility index (Phi) is 8.04. The van der Waals surface area contributed by atoms with Crippen LogP contribution in [0.25, 0.3) is 5.69 Å². The maximum absolute atomic E-state index is 12.7. The van der Waals surface area contributed by atoms with Crippen molar-refractivity contribution in [1.29, 1.82) is 0 Å². The molecule has 5 rings (SSSR count). The minimum atomic E-state index is -0.0885. The van der Waals surface area contributed by atoms with Crippen molar-refractivity contribution in [3.8, 4) is 5.69 Å². The summed E-state index contributed by atoms with van der Waals surface area (Å²) in [7, 11) is 0. The smallest absolute Gasteiger partial charge is 0.227 e. The molecule has 0 bridgehead atoms. The summed E-state index contributed by atoms with van der Waals surface area (Å²) in [6, 6.07) is 25.7. The topological polar surface area (TPSA) is 92.2 Å². The zero-order valence-corrected chi connectivity index (χ0v) is 22.1. The summed E-state index contributed by atoms with van der Waals surface area (Å²) >= 11 is 1.50. The lowest BCUT2D eigenvalue weighted by molar-refractivity contribution is -0.117. The predicted molar refractivity (Wildman–Crippen MR) is 152 cm³/mol. The molecule has 0 saturated carbocycles. The van der Waals surface area contributed by atoms with E-state index in [-0.39, 0.29) is 11.8 Å². The van der Waals surface area contributed by atoms with Gasteiger partial charge < -0.3 is 15.5 Å². The monoisotopic (exact) mass is 526 g/mol. The first-order chi connectivity index (χ1) is 18.6. The summed E-state index contributed by atoms with van der Waals surface area (Å²) in [6.07, 6.45) is 1.76. The fraction of sp³-hybridized carbons (Fsp3) is 0.241. The summed E-state index contributed by atoms with van der Waals surface area (Å²) in [4.78, 5) is 26.5. The molecule has 0 unspecified atom stereocenters. The highest BCUT2D eigenvalue weighted by Gasteiger charge is 2.22. The van der Waals surface area contributed by atoms with Gasteiger partial charge in [0.25, 0.3) is 0 Å². The largest absolute Gasteiger partial charge is 0.378 e. The van der Waals surface area contributed by atoms with Gasteiger partial charge in [-0.1, -0.05) is 53.7 Å². The molecule has 1 aromatic heterocycles. The third-order valence-corrected chi connectivity index (χ3v) is 7.22. The molecule has 0 atom stereocenters. The van der Waals surface area contributed by atoms with E-state index in [0.717, 1.165) is 41.0 Å². The lowest BCUT2D eigenvalue weighted by atomic mass is 10.2. The van der Waals surface area contributed by atoms with Gasteiger partial charge in [-0.05, 0) is 55.8 Å². The molecule has 0 radical (unpaired) electrons. The number of nitrogens with zero attached hydrogens (tertiary/aromatic N) is 4. The van der Waals surface area contributed by atoms with Crippen LogP contribution < -0.4 is 15.5 Å². The molecule has 2 amide bonds. The summed E-state index contributed by atoms with van der Waals surface area (Å²) in [6.45, 7) is 3.30. The van der Waals surface area contributed by atoms with Crippen molar-refractivity contribution < 1.29 is 9.59 Å². The number of carbonyl (C=O) groups is 2. The van der Waals surface area contributed by atoms with Crippen LogP contribution in [0.4, 0.5) is 17.1 Å². The van der Waals surface area contributed by atoms with E-state index in [1.54, 1.807) is 4.90 Å². The van der Waals surface area contributed by atoms with Crippen LogP contribution in [0.15, 0.2) is 84.0 Å². The number of aryl methyl sites for hydroxylation is 1. The molecule has 38 heavy (non-hydrogen) atoms. The fourth-order valence-corrected chi connectivity index (χ4v) is 5.24. The Labute approximate surface area is 226 Å². The first kappa shape index (κ1) is 25.5. The van der Waals surface area contributed by atoms with Crippen molar-refractivity contribution >= 4 is 40.6 Å². The number of hydrogen-bond donors (Lipinski definition) is 2. The highest BCUT2D eigenvalue weighted by atomic mass is 32.2. The fourth-order valence-electron chi connectivity index (χ4n) is 4.33. The molecule has 0 aliphatic carbocycles. The molecule has 3 aromatic carbocycles. The Morgan fingerprint density at radius 3 is 2.50 bits per heavy atom. The molecule has 194 valence electrons. The van der Waals surface area contributed by atoms with Crippen molar-refractivity contribution in [2.24, 2.45) is 0 Å². The molecular weight excluding hydrogens is 496 g/mol. The Morgan fingerprint density at radius 2 is 1.74 bits per heavy atom. The molecule has 4 aromatic rings. The molecule has 1 aliphatic heterocycles. The SMILES string of the molecule is Cc1ccc(NCc2nnc(SCCC(=O)Nc3cccc(N4CCCC4=O)c3)n2-c2ccccc2)cc1. The molecule has 8 nitrogen and oxygen atoms in total. The van der Waals surface area contributed by atoms with Crippen molar-refractivity contribution in [3.63, 3.8) is 0 Å². The Hall–Kier alpha value is -4.11. The van der Waals surface area contributed by atoms with Crippen LogP contribution in [-0.4, -0.2) is 38.9 Å². The molecule has 9 heteroatoms. The lowest BCUT2D eigenvalue weighted by Crippen LogP contribution is -2.23. The van der Waals surface area contributed by atoms with Gasteiger partial charge >= 0.3 is 0 Å². The Bertz CT molecular complexity index is 1400. The van der Waals surface area contributed by atoms with Gasteiger partial charge in [-0.15, -0.1) is 10.2 Å². The van der Waals surface area contributed by atoms with Gasteiger partial charge in [0.05, 0.1) is 6.54 Å². The molecule has 0 spiro atoms. The summed E-state index contributed by atoms with van der Waals surface area (Å²) < 4.78 is 2.03.